The lowest BCUT2D eigenvalue weighted by atomic mass is 10.1. The van der Waals surface area contributed by atoms with Gasteiger partial charge in [-0.05, 0) is 93.8 Å². The highest BCUT2D eigenvalue weighted by atomic mass is 79.9. The minimum absolute atomic E-state index is 0.197. The molecule has 0 spiro atoms. The summed E-state index contributed by atoms with van der Waals surface area (Å²) in [5, 5.41) is -0.328. The first kappa shape index (κ1) is 25.5. The summed E-state index contributed by atoms with van der Waals surface area (Å²) in [4.78, 5) is 39.7. The van der Waals surface area contributed by atoms with Crippen LogP contribution in [0.15, 0.2) is 70.0 Å². The number of carbonyl (C=O) groups excluding carboxylic acids is 3. The van der Waals surface area contributed by atoms with E-state index in [1.807, 2.05) is 31.2 Å². The first-order valence-corrected chi connectivity index (χ1v) is 12.4. The van der Waals surface area contributed by atoms with E-state index in [-0.39, 0.29) is 29.2 Å². The fourth-order valence-electron chi connectivity index (χ4n) is 3.55. The van der Waals surface area contributed by atoms with Crippen LogP contribution in [0.5, 0.6) is 17.2 Å². The Hall–Kier alpha value is -3.56. The summed E-state index contributed by atoms with van der Waals surface area (Å²) in [6.45, 7) is 2.15. The molecule has 36 heavy (non-hydrogen) atoms. The van der Waals surface area contributed by atoms with E-state index in [1.54, 1.807) is 49.6 Å². The molecule has 3 aromatic carbocycles. The molecule has 0 saturated carbocycles. The van der Waals surface area contributed by atoms with E-state index in [4.69, 9.17) is 14.2 Å². The van der Waals surface area contributed by atoms with Crippen LogP contribution in [0, 0.1) is 6.92 Å². The largest absolute Gasteiger partial charge is 0.497 e. The van der Waals surface area contributed by atoms with E-state index in [2.05, 4.69) is 15.9 Å². The lowest BCUT2D eigenvalue weighted by Crippen LogP contribution is -2.27. The van der Waals surface area contributed by atoms with Crippen LogP contribution in [-0.4, -0.2) is 36.2 Å². The molecule has 0 atom stereocenters. The van der Waals surface area contributed by atoms with Crippen LogP contribution in [0.2, 0.25) is 0 Å². The maximum absolute atomic E-state index is 13.0. The molecular formula is C27H22BrNO6S. The van der Waals surface area contributed by atoms with Crippen LogP contribution in [0.3, 0.4) is 0 Å². The quantitative estimate of drug-likeness (QED) is 0.190. The monoisotopic (exact) mass is 567 g/mol. The molecule has 0 aliphatic carbocycles. The molecule has 0 bridgehead atoms. The second-order valence-electron chi connectivity index (χ2n) is 7.85. The van der Waals surface area contributed by atoms with Crippen molar-refractivity contribution in [3.05, 3.63) is 92.3 Å². The van der Waals surface area contributed by atoms with Crippen LogP contribution >= 0.6 is 27.7 Å². The third-order valence-corrected chi connectivity index (χ3v) is 7.03. The fraction of sp³-hybridized carbons (Fsp3) is 0.148. The van der Waals surface area contributed by atoms with Gasteiger partial charge < -0.3 is 14.2 Å². The number of esters is 1. The predicted octanol–water partition coefficient (Wildman–Crippen LogP) is 6.23. The van der Waals surface area contributed by atoms with E-state index in [9.17, 15) is 14.4 Å². The Kier molecular flexibility index (Phi) is 7.81. The number of hydrogen-bond donors (Lipinski definition) is 0. The number of thioether (sulfide) groups is 1. The summed E-state index contributed by atoms with van der Waals surface area (Å²) in [6, 6.07) is 17.5. The molecule has 9 heteroatoms. The molecule has 0 aromatic heterocycles. The highest BCUT2D eigenvalue weighted by molar-refractivity contribution is 9.10. The van der Waals surface area contributed by atoms with Crippen molar-refractivity contribution in [2.45, 2.75) is 13.5 Å². The SMILES string of the molecule is COc1ccc(C(=O)Oc2c(Br)cc(/C=C3\SC(=O)N(Cc4ccccc4C)C3=O)cc2OC)cc1. The Morgan fingerprint density at radius 1 is 1.03 bits per heavy atom. The number of methoxy groups -OCH3 is 2. The highest BCUT2D eigenvalue weighted by Gasteiger charge is 2.35. The molecule has 2 amide bonds. The summed E-state index contributed by atoms with van der Waals surface area (Å²) < 4.78 is 16.6. The van der Waals surface area contributed by atoms with Crippen molar-refractivity contribution >= 4 is 50.9 Å². The molecule has 1 aliphatic heterocycles. The number of halogens is 1. The van der Waals surface area contributed by atoms with Gasteiger partial charge in [0, 0.05) is 0 Å². The number of amides is 2. The van der Waals surface area contributed by atoms with Gasteiger partial charge in [-0.25, -0.2) is 4.79 Å². The number of benzene rings is 3. The van der Waals surface area contributed by atoms with Crippen LogP contribution < -0.4 is 14.2 Å². The minimum Gasteiger partial charge on any atom is -0.497 e. The Balaban J connectivity index is 1.55. The average molecular weight is 568 g/mol. The topological polar surface area (TPSA) is 82.1 Å². The molecule has 4 rings (SSSR count). The number of imide groups is 1. The highest BCUT2D eigenvalue weighted by Crippen LogP contribution is 2.40. The van der Waals surface area contributed by atoms with Gasteiger partial charge in [0.05, 0.1) is 35.7 Å². The van der Waals surface area contributed by atoms with E-state index >= 15 is 0 Å². The van der Waals surface area contributed by atoms with Gasteiger partial charge >= 0.3 is 5.97 Å². The van der Waals surface area contributed by atoms with Gasteiger partial charge in [0.2, 0.25) is 0 Å². The number of carbonyl (C=O) groups is 3. The molecule has 0 N–H and O–H groups in total. The van der Waals surface area contributed by atoms with E-state index in [1.165, 1.54) is 12.0 Å². The van der Waals surface area contributed by atoms with Gasteiger partial charge in [-0.2, -0.15) is 0 Å². The normalized spacial score (nSPS) is 14.3. The van der Waals surface area contributed by atoms with Crippen LogP contribution in [-0.2, 0) is 11.3 Å². The Bertz CT molecular complexity index is 1370. The smallest absolute Gasteiger partial charge is 0.343 e. The number of nitrogens with zero attached hydrogens (tertiary/aromatic N) is 1. The first-order valence-electron chi connectivity index (χ1n) is 10.8. The van der Waals surface area contributed by atoms with Crippen LogP contribution in [0.1, 0.15) is 27.0 Å². The third kappa shape index (κ3) is 5.47. The van der Waals surface area contributed by atoms with Crippen molar-refractivity contribution in [1.29, 1.82) is 0 Å². The molecule has 3 aromatic rings. The number of aryl methyl sites for hydroxylation is 1. The van der Waals surface area contributed by atoms with Crippen molar-refractivity contribution in [3.63, 3.8) is 0 Å². The minimum atomic E-state index is -0.568. The zero-order valence-corrected chi connectivity index (χ0v) is 22.1. The second-order valence-corrected chi connectivity index (χ2v) is 9.69. The van der Waals surface area contributed by atoms with Crippen LogP contribution in [0.25, 0.3) is 6.08 Å². The fourth-order valence-corrected chi connectivity index (χ4v) is 4.93. The van der Waals surface area contributed by atoms with Crippen molar-refractivity contribution in [1.82, 2.24) is 4.90 Å². The lowest BCUT2D eigenvalue weighted by molar-refractivity contribution is -0.123. The average Bonchev–Trinajstić information content (AvgIpc) is 3.13. The third-order valence-electron chi connectivity index (χ3n) is 5.53. The van der Waals surface area contributed by atoms with Crippen molar-refractivity contribution in [2.75, 3.05) is 14.2 Å². The number of ether oxygens (including phenoxy) is 3. The molecule has 0 radical (unpaired) electrons. The molecule has 1 saturated heterocycles. The number of rotatable bonds is 7. The molecule has 1 aliphatic rings. The van der Waals surface area contributed by atoms with E-state index in [0.29, 0.717) is 26.3 Å². The molecular weight excluding hydrogens is 546 g/mol. The Labute approximate surface area is 221 Å². The summed E-state index contributed by atoms with van der Waals surface area (Å²) in [5.41, 5.74) is 2.86. The Morgan fingerprint density at radius 3 is 2.42 bits per heavy atom. The maximum Gasteiger partial charge on any atom is 0.343 e. The van der Waals surface area contributed by atoms with E-state index in [0.717, 1.165) is 22.9 Å². The van der Waals surface area contributed by atoms with Gasteiger partial charge in [-0.15, -0.1) is 0 Å². The van der Waals surface area contributed by atoms with Gasteiger partial charge in [0.15, 0.2) is 11.5 Å². The zero-order chi connectivity index (χ0) is 25.8. The van der Waals surface area contributed by atoms with Crippen molar-refractivity contribution in [3.8, 4) is 17.2 Å². The number of hydrogen-bond acceptors (Lipinski definition) is 7. The van der Waals surface area contributed by atoms with Crippen molar-refractivity contribution < 1.29 is 28.6 Å². The summed E-state index contributed by atoms with van der Waals surface area (Å²) >= 11 is 4.31. The zero-order valence-electron chi connectivity index (χ0n) is 19.7. The first-order chi connectivity index (χ1) is 17.3. The molecule has 1 heterocycles. The molecule has 7 nitrogen and oxygen atoms in total. The predicted molar refractivity (Wildman–Crippen MR) is 141 cm³/mol. The second kappa shape index (κ2) is 11.0. The summed E-state index contributed by atoms with van der Waals surface area (Å²) in [7, 11) is 2.99. The molecule has 0 unspecified atom stereocenters. The van der Waals surface area contributed by atoms with Gasteiger partial charge in [-0.3, -0.25) is 14.5 Å². The summed E-state index contributed by atoms with van der Waals surface area (Å²) in [5.74, 6) is 0.179. The molecule has 1 fully saturated rings. The van der Waals surface area contributed by atoms with Crippen molar-refractivity contribution in [2.24, 2.45) is 0 Å². The molecule has 184 valence electrons. The van der Waals surface area contributed by atoms with E-state index < -0.39 is 5.97 Å². The standard InChI is InChI=1S/C27H22BrNO6S/c1-16-6-4-5-7-19(16)15-29-25(30)23(36-27(29)32)14-17-12-21(28)24(22(13-17)34-3)35-26(31)18-8-10-20(33-2)11-9-18/h4-14H,15H2,1-3H3/b23-14-. The maximum atomic E-state index is 13.0. The van der Waals surface area contributed by atoms with Crippen LogP contribution in [0.4, 0.5) is 4.79 Å². The van der Waals surface area contributed by atoms with Gasteiger partial charge in [0.1, 0.15) is 5.75 Å². The Morgan fingerprint density at radius 2 is 1.75 bits per heavy atom. The van der Waals surface area contributed by atoms with Gasteiger partial charge in [-0.1, -0.05) is 24.3 Å². The van der Waals surface area contributed by atoms with Gasteiger partial charge in [0.25, 0.3) is 11.1 Å². The summed E-state index contributed by atoms with van der Waals surface area (Å²) in [6.07, 6.45) is 1.62. The lowest BCUT2D eigenvalue weighted by Gasteiger charge is -2.14.